The van der Waals surface area contributed by atoms with Gasteiger partial charge in [0.1, 0.15) is 0 Å². The van der Waals surface area contributed by atoms with Crippen molar-refractivity contribution < 1.29 is 0 Å². The van der Waals surface area contributed by atoms with Crippen LogP contribution in [0, 0.1) is 17.3 Å². The molecule has 0 aromatic carbocycles. The third-order valence-corrected chi connectivity index (χ3v) is 5.23. The number of fused-ring (bicyclic) bond motifs is 1. The number of unbranched alkanes of at least 4 members (excludes halogenated alkanes) is 2. The summed E-state index contributed by atoms with van der Waals surface area (Å²) >= 11 is 0. The predicted octanol–water partition coefficient (Wildman–Crippen LogP) is 2.23. The van der Waals surface area contributed by atoms with Gasteiger partial charge in [0.25, 0.3) is 0 Å². The van der Waals surface area contributed by atoms with Crippen LogP contribution in [0.2, 0.25) is 0 Å². The van der Waals surface area contributed by atoms with Crippen LogP contribution in [0.3, 0.4) is 0 Å². The van der Waals surface area contributed by atoms with Gasteiger partial charge in [-0.1, -0.05) is 36.6 Å². The van der Waals surface area contributed by atoms with Gasteiger partial charge < -0.3 is 5.73 Å². The third-order valence-electron chi connectivity index (χ3n) is 5.23. The zero-order valence-corrected chi connectivity index (χ0v) is 12.3. The first-order chi connectivity index (χ1) is 9.77. The number of allylic oxidation sites excluding steroid dienone is 2. The van der Waals surface area contributed by atoms with E-state index in [0.717, 1.165) is 24.7 Å². The quantitative estimate of drug-likeness (QED) is 0.590. The molecule has 20 heavy (non-hydrogen) atoms. The molecule has 3 rings (SSSR count). The number of tetrazole rings is 1. The topological polar surface area (TPSA) is 80.5 Å². The Morgan fingerprint density at radius 1 is 1.45 bits per heavy atom. The van der Waals surface area contributed by atoms with Crippen molar-refractivity contribution in [2.24, 2.45) is 23.0 Å². The van der Waals surface area contributed by atoms with Gasteiger partial charge in [-0.2, -0.15) is 5.21 Å². The monoisotopic (exact) mass is 275 g/mol. The molecule has 5 nitrogen and oxygen atoms in total. The zero-order chi connectivity index (χ0) is 14.0. The highest BCUT2D eigenvalue weighted by Gasteiger charge is 2.54. The molecule has 1 saturated carbocycles. The van der Waals surface area contributed by atoms with Gasteiger partial charge in [0.2, 0.25) is 0 Å². The summed E-state index contributed by atoms with van der Waals surface area (Å²) in [7, 11) is 0. The van der Waals surface area contributed by atoms with Crippen LogP contribution in [0.1, 0.15) is 51.3 Å². The first-order valence-electron chi connectivity index (χ1n) is 7.89. The molecule has 0 spiro atoms. The van der Waals surface area contributed by atoms with Crippen molar-refractivity contribution in [2.45, 2.75) is 51.9 Å². The van der Waals surface area contributed by atoms with E-state index in [2.05, 4.69) is 33.6 Å². The molecule has 1 aromatic heterocycles. The maximum absolute atomic E-state index is 6.09. The smallest absolute Gasteiger partial charge is 0.175 e. The summed E-state index contributed by atoms with van der Waals surface area (Å²) in [6, 6.07) is 0. The minimum absolute atomic E-state index is 0.182. The predicted molar refractivity (Wildman–Crippen MR) is 77.8 cm³/mol. The summed E-state index contributed by atoms with van der Waals surface area (Å²) < 4.78 is 0. The van der Waals surface area contributed by atoms with Crippen LogP contribution in [0.5, 0.6) is 0 Å². The number of nitrogens with one attached hydrogen (secondary N) is 1. The summed E-state index contributed by atoms with van der Waals surface area (Å²) in [5.74, 6) is 2.27. The summed E-state index contributed by atoms with van der Waals surface area (Å²) in [6.45, 7) is 2.98. The van der Waals surface area contributed by atoms with Crippen LogP contribution < -0.4 is 5.73 Å². The average Bonchev–Trinajstić information content (AvgIpc) is 3.05. The van der Waals surface area contributed by atoms with Gasteiger partial charge in [0, 0.05) is 6.42 Å². The van der Waals surface area contributed by atoms with E-state index >= 15 is 0 Å². The molecule has 0 bridgehead atoms. The number of nitrogens with zero attached hydrogens (tertiary/aromatic N) is 3. The van der Waals surface area contributed by atoms with Crippen LogP contribution >= 0.6 is 0 Å². The van der Waals surface area contributed by atoms with Crippen molar-refractivity contribution in [1.82, 2.24) is 20.6 Å². The summed E-state index contributed by atoms with van der Waals surface area (Å²) in [5.41, 5.74) is 7.94. The molecule has 1 heterocycles. The lowest BCUT2D eigenvalue weighted by atomic mass is 9.53. The Morgan fingerprint density at radius 2 is 2.35 bits per heavy atom. The third kappa shape index (κ3) is 2.39. The Balaban J connectivity index is 1.64. The molecule has 3 N–H and O–H groups in total. The second kappa shape index (κ2) is 5.64. The molecule has 5 heteroatoms. The van der Waals surface area contributed by atoms with Gasteiger partial charge in [0.15, 0.2) is 5.82 Å². The number of hydrogen-bond donors (Lipinski definition) is 2. The van der Waals surface area contributed by atoms with Gasteiger partial charge >= 0.3 is 0 Å². The fourth-order valence-corrected chi connectivity index (χ4v) is 4.14. The van der Waals surface area contributed by atoms with E-state index in [1.165, 1.54) is 38.5 Å². The molecular weight excluding hydrogens is 250 g/mol. The molecule has 0 saturated heterocycles. The van der Waals surface area contributed by atoms with Crippen molar-refractivity contribution in [1.29, 1.82) is 0 Å². The highest BCUT2D eigenvalue weighted by molar-refractivity contribution is 5.24. The van der Waals surface area contributed by atoms with Crippen LogP contribution in [-0.2, 0) is 6.42 Å². The number of rotatable bonds is 7. The van der Waals surface area contributed by atoms with Crippen molar-refractivity contribution in [2.75, 3.05) is 6.54 Å². The van der Waals surface area contributed by atoms with E-state index < -0.39 is 0 Å². The van der Waals surface area contributed by atoms with E-state index in [1.807, 2.05) is 0 Å². The van der Waals surface area contributed by atoms with Crippen LogP contribution in [0.15, 0.2) is 11.6 Å². The molecule has 110 valence electrons. The van der Waals surface area contributed by atoms with Crippen molar-refractivity contribution in [3.05, 3.63) is 17.5 Å². The molecule has 1 fully saturated rings. The number of H-pyrrole nitrogens is 1. The molecular formula is C15H25N5. The van der Waals surface area contributed by atoms with E-state index in [1.54, 1.807) is 5.57 Å². The fraction of sp³-hybridized carbons (Fsp3) is 0.800. The van der Waals surface area contributed by atoms with Gasteiger partial charge in [-0.25, -0.2) is 0 Å². The van der Waals surface area contributed by atoms with E-state index in [9.17, 15) is 0 Å². The minimum Gasteiger partial charge on any atom is -0.330 e. The van der Waals surface area contributed by atoms with E-state index in [4.69, 9.17) is 5.73 Å². The van der Waals surface area contributed by atoms with Crippen molar-refractivity contribution in [3.8, 4) is 0 Å². The lowest BCUT2D eigenvalue weighted by molar-refractivity contribution is 0.00725. The summed E-state index contributed by atoms with van der Waals surface area (Å²) in [6.07, 6.45) is 11.2. The average molecular weight is 275 g/mol. The largest absolute Gasteiger partial charge is 0.330 e. The molecule has 2 aliphatic rings. The van der Waals surface area contributed by atoms with E-state index in [0.29, 0.717) is 5.92 Å². The second-order valence-electron chi connectivity index (χ2n) is 6.55. The maximum atomic E-state index is 6.09. The number of nitrogens with two attached hydrogens (primary N) is 1. The first-order valence-corrected chi connectivity index (χ1v) is 7.89. The molecule has 0 aliphatic heterocycles. The number of aromatic amines is 1. The Morgan fingerprint density at radius 3 is 3.05 bits per heavy atom. The molecule has 2 aliphatic carbocycles. The van der Waals surface area contributed by atoms with Crippen LogP contribution in [-0.4, -0.2) is 27.2 Å². The lowest BCUT2D eigenvalue weighted by Crippen LogP contribution is -2.51. The highest BCUT2D eigenvalue weighted by Crippen LogP contribution is 2.59. The van der Waals surface area contributed by atoms with Crippen LogP contribution in [0.4, 0.5) is 0 Å². The number of hydrogen-bond acceptors (Lipinski definition) is 4. The Kier molecular flexibility index (Phi) is 3.87. The van der Waals surface area contributed by atoms with Gasteiger partial charge in [-0.05, 0) is 49.5 Å². The first kappa shape index (κ1) is 13.7. The molecule has 0 amide bonds. The SMILES string of the molecule is CCCCCC1=CC2C(C1)CC2(CN)Cc1nn[nH]n1. The lowest BCUT2D eigenvalue weighted by Gasteiger charge is -2.51. The zero-order valence-electron chi connectivity index (χ0n) is 12.3. The molecule has 0 radical (unpaired) electrons. The van der Waals surface area contributed by atoms with Crippen molar-refractivity contribution in [3.63, 3.8) is 0 Å². The van der Waals surface area contributed by atoms with E-state index in [-0.39, 0.29) is 5.41 Å². The Labute approximate surface area is 120 Å². The Bertz CT molecular complexity index is 467. The van der Waals surface area contributed by atoms with Gasteiger partial charge in [-0.3, -0.25) is 0 Å². The highest BCUT2D eigenvalue weighted by atomic mass is 15.5. The summed E-state index contributed by atoms with van der Waals surface area (Å²) in [4.78, 5) is 0. The molecule has 3 atom stereocenters. The Hall–Kier alpha value is -1.23. The molecule has 3 unspecified atom stereocenters. The molecule has 1 aromatic rings. The second-order valence-corrected chi connectivity index (χ2v) is 6.55. The summed E-state index contributed by atoms with van der Waals surface area (Å²) in [5, 5.41) is 14.4. The van der Waals surface area contributed by atoms with Gasteiger partial charge in [-0.15, -0.1) is 10.2 Å². The normalized spacial score (nSPS) is 31.8. The van der Waals surface area contributed by atoms with Crippen LogP contribution in [0.25, 0.3) is 0 Å². The van der Waals surface area contributed by atoms with Gasteiger partial charge in [0.05, 0.1) is 0 Å². The standard InChI is InChI=1S/C15H25N5/c1-2-3-4-5-11-6-12-8-15(10-16,13(12)7-11)9-14-17-19-20-18-14/h7,12-13H,2-6,8-10,16H2,1H3,(H,17,18,19,20). The van der Waals surface area contributed by atoms with Crippen molar-refractivity contribution >= 4 is 0 Å². The number of aromatic nitrogens is 4. The maximum Gasteiger partial charge on any atom is 0.175 e. The minimum atomic E-state index is 0.182. The fourth-order valence-electron chi connectivity index (χ4n) is 4.14.